The number of halogens is 3. The summed E-state index contributed by atoms with van der Waals surface area (Å²) in [5.74, 6) is 0.954. The fourth-order valence-corrected chi connectivity index (χ4v) is 4.26. The molecule has 35 heavy (non-hydrogen) atoms. The van der Waals surface area contributed by atoms with E-state index >= 15 is 0 Å². The molecule has 4 rings (SSSR count). The van der Waals surface area contributed by atoms with Crippen LogP contribution in [-0.4, -0.2) is 36.5 Å². The first kappa shape index (κ1) is 24.3. The first-order valence-electron chi connectivity index (χ1n) is 10.6. The molecule has 4 aromatic rings. The summed E-state index contributed by atoms with van der Waals surface area (Å²) >= 11 is 1.32. The molecule has 10 heteroatoms. The predicted octanol–water partition coefficient (Wildman–Crippen LogP) is 5.61. The Morgan fingerprint density at radius 2 is 1.77 bits per heavy atom. The molecular formula is C25H22F3N3O3S. The molecule has 0 fully saturated rings. The monoisotopic (exact) mass is 501 g/mol. The number of hydrogen-bond acceptors (Lipinski definition) is 5. The molecular weight excluding hydrogens is 479 g/mol. The first-order valence-corrected chi connectivity index (χ1v) is 11.5. The lowest BCUT2D eigenvalue weighted by Crippen LogP contribution is -2.25. The lowest BCUT2D eigenvalue weighted by atomic mass is 10.1. The molecule has 0 bridgehead atoms. The Hall–Kier alpha value is -3.79. The van der Waals surface area contributed by atoms with Crippen LogP contribution in [0, 0.1) is 0 Å². The summed E-state index contributed by atoms with van der Waals surface area (Å²) in [6, 6.07) is 16.4. The second-order valence-electron chi connectivity index (χ2n) is 7.54. The van der Waals surface area contributed by atoms with E-state index in [1.54, 1.807) is 62.1 Å². The lowest BCUT2D eigenvalue weighted by molar-refractivity contribution is -0.141. The van der Waals surface area contributed by atoms with Crippen molar-refractivity contribution >= 4 is 17.2 Å². The number of nitrogens with zero attached hydrogens (tertiary/aromatic N) is 2. The van der Waals surface area contributed by atoms with Gasteiger partial charge in [-0.05, 0) is 65.9 Å². The molecule has 0 aliphatic rings. The van der Waals surface area contributed by atoms with E-state index in [4.69, 9.17) is 9.47 Å². The average Bonchev–Trinajstić information content (AvgIpc) is 3.54. The van der Waals surface area contributed by atoms with Crippen LogP contribution in [0.1, 0.15) is 21.6 Å². The summed E-state index contributed by atoms with van der Waals surface area (Å²) in [6.45, 7) is 0.396. The molecule has 0 saturated heterocycles. The number of nitrogens with one attached hydrogen (secondary N) is 1. The van der Waals surface area contributed by atoms with Crippen LogP contribution >= 0.6 is 11.3 Å². The minimum Gasteiger partial charge on any atom is -0.493 e. The number of hydrogen-bond donors (Lipinski definition) is 1. The van der Waals surface area contributed by atoms with Crippen molar-refractivity contribution in [2.45, 2.75) is 12.6 Å². The predicted molar refractivity (Wildman–Crippen MR) is 127 cm³/mol. The van der Waals surface area contributed by atoms with Crippen LogP contribution in [0.5, 0.6) is 11.5 Å². The van der Waals surface area contributed by atoms with Gasteiger partial charge in [0.05, 0.1) is 30.5 Å². The smallest absolute Gasteiger partial charge is 0.435 e. The zero-order chi connectivity index (χ0) is 25.0. The summed E-state index contributed by atoms with van der Waals surface area (Å²) in [4.78, 5) is 13.2. The van der Waals surface area contributed by atoms with Crippen LogP contribution in [0.25, 0.3) is 16.3 Å². The number of thiophene rings is 1. The normalized spacial score (nSPS) is 11.3. The minimum atomic E-state index is -4.56. The van der Waals surface area contributed by atoms with Crippen LogP contribution in [0.2, 0.25) is 0 Å². The van der Waals surface area contributed by atoms with E-state index in [0.717, 1.165) is 11.6 Å². The topological polar surface area (TPSA) is 65.4 Å². The quantitative estimate of drug-likeness (QED) is 0.341. The van der Waals surface area contributed by atoms with Gasteiger partial charge in [-0.25, -0.2) is 4.68 Å². The van der Waals surface area contributed by atoms with E-state index in [2.05, 4.69) is 10.4 Å². The highest BCUT2D eigenvalue weighted by atomic mass is 32.1. The van der Waals surface area contributed by atoms with Crippen molar-refractivity contribution in [2.75, 3.05) is 20.8 Å². The number of alkyl halides is 3. The van der Waals surface area contributed by atoms with Crippen LogP contribution in [0.4, 0.5) is 13.2 Å². The number of ether oxygens (including phenoxy) is 2. The molecule has 0 spiro atoms. The van der Waals surface area contributed by atoms with Gasteiger partial charge in [0.25, 0.3) is 5.91 Å². The van der Waals surface area contributed by atoms with Crippen LogP contribution < -0.4 is 14.8 Å². The zero-order valence-electron chi connectivity index (χ0n) is 18.9. The summed E-state index contributed by atoms with van der Waals surface area (Å²) in [5, 5.41) is 8.41. The molecule has 182 valence electrons. The fraction of sp³-hybridized carbons (Fsp3) is 0.200. The van der Waals surface area contributed by atoms with Gasteiger partial charge in [-0.3, -0.25) is 4.79 Å². The largest absolute Gasteiger partial charge is 0.493 e. The number of amides is 1. The Labute approximate surface area is 203 Å². The standard InChI is InChI=1S/C25H22F3N3O3S/c1-33-20-10-5-16(14-21(20)34-2)11-12-29-24(32)17-6-8-18(9-7-17)31-19(22-4-3-13-35-22)15-23(30-31)25(26,27)28/h3-10,13-15H,11-12H2,1-2H3,(H,29,32). The van der Waals surface area contributed by atoms with Crippen LogP contribution in [-0.2, 0) is 12.6 Å². The Morgan fingerprint density at radius 1 is 1.03 bits per heavy atom. The zero-order valence-corrected chi connectivity index (χ0v) is 19.7. The van der Waals surface area contributed by atoms with Crippen LogP contribution in [0.3, 0.4) is 0 Å². The molecule has 2 heterocycles. The molecule has 0 atom stereocenters. The Kier molecular flexibility index (Phi) is 7.11. The minimum absolute atomic E-state index is 0.285. The maximum atomic E-state index is 13.3. The fourth-order valence-electron chi connectivity index (χ4n) is 3.53. The van der Waals surface area contributed by atoms with Gasteiger partial charge in [0.2, 0.25) is 0 Å². The van der Waals surface area contributed by atoms with Crippen molar-refractivity contribution in [3.8, 4) is 27.8 Å². The number of aromatic nitrogens is 2. The molecule has 0 saturated carbocycles. The third-order valence-electron chi connectivity index (χ3n) is 5.29. The van der Waals surface area contributed by atoms with E-state index in [1.165, 1.54) is 16.0 Å². The summed E-state index contributed by atoms with van der Waals surface area (Å²) in [7, 11) is 3.12. The second-order valence-corrected chi connectivity index (χ2v) is 8.49. The molecule has 0 aliphatic heterocycles. The van der Waals surface area contributed by atoms with Crippen molar-refractivity contribution in [2.24, 2.45) is 0 Å². The van der Waals surface area contributed by atoms with E-state index in [0.29, 0.717) is 46.3 Å². The Morgan fingerprint density at radius 3 is 2.40 bits per heavy atom. The van der Waals surface area contributed by atoms with Crippen molar-refractivity contribution < 1.29 is 27.4 Å². The highest BCUT2D eigenvalue weighted by Gasteiger charge is 2.35. The van der Waals surface area contributed by atoms with Crippen molar-refractivity contribution in [3.05, 3.63) is 82.9 Å². The highest BCUT2D eigenvalue weighted by Crippen LogP contribution is 2.34. The molecule has 2 aromatic heterocycles. The van der Waals surface area contributed by atoms with Gasteiger partial charge >= 0.3 is 6.18 Å². The summed E-state index contributed by atoms with van der Waals surface area (Å²) in [6.07, 6.45) is -3.98. The number of carbonyl (C=O) groups is 1. The summed E-state index contributed by atoms with van der Waals surface area (Å²) in [5.41, 5.74) is 1.14. The number of rotatable bonds is 8. The maximum absolute atomic E-state index is 13.3. The van der Waals surface area contributed by atoms with Gasteiger partial charge in [0.1, 0.15) is 0 Å². The number of carbonyl (C=O) groups excluding carboxylic acids is 1. The van der Waals surface area contributed by atoms with E-state index in [9.17, 15) is 18.0 Å². The van der Waals surface area contributed by atoms with E-state index < -0.39 is 11.9 Å². The van der Waals surface area contributed by atoms with Gasteiger partial charge in [-0.15, -0.1) is 11.3 Å². The third-order valence-corrected chi connectivity index (χ3v) is 6.19. The number of benzene rings is 2. The van der Waals surface area contributed by atoms with Gasteiger partial charge in [0, 0.05) is 12.1 Å². The lowest BCUT2D eigenvalue weighted by Gasteiger charge is -2.10. The molecule has 6 nitrogen and oxygen atoms in total. The van der Waals surface area contributed by atoms with E-state index in [1.807, 2.05) is 12.1 Å². The van der Waals surface area contributed by atoms with Crippen molar-refractivity contribution in [1.82, 2.24) is 15.1 Å². The first-order chi connectivity index (χ1) is 16.8. The molecule has 0 unspecified atom stereocenters. The van der Waals surface area contributed by atoms with Crippen LogP contribution in [0.15, 0.2) is 66.0 Å². The van der Waals surface area contributed by atoms with Gasteiger partial charge in [-0.2, -0.15) is 18.3 Å². The average molecular weight is 502 g/mol. The maximum Gasteiger partial charge on any atom is 0.435 e. The second kappa shape index (κ2) is 10.2. The Balaban J connectivity index is 1.46. The summed E-state index contributed by atoms with van der Waals surface area (Å²) < 4.78 is 51.6. The van der Waals surface area contributed by atoms with Crippen molar-refractivity contribution in [3.63, 3.8) is 0 Å². The molecule has 2 aromatic carbocycles. The molecule has 0 radical (unpaired) electrons. The van der Waals surface area contributed by atoms with Gasteiger partial charge < -0.3 is 14.8 Å². The SMILES string of the molecule is COc1ccc(CCNC(=O)c2ccc(-n3nc(C(F)(F)F)cc3-c3cccs3)cc2)cc1OC. The molecule has 1 N–H and O–H groups in total. The van der Waals surface area contributed by atoms with E-state index in [-0.39, 0.29) is 5.91 Å². The van der Waals surface area contributed by atoms with Gasteiger partial charge in [0.15, 0.2) is 17.2 Å². The number of methoxy groups -OCH3 is 2. The third kappa shape index (κ3) is 5.48. The molecule has 1 amide bonds. The Bertz CT molecular complexity index is 1300. The van der Waals surface area contributed by atoms with Crippen molar-refractivity contribution in [1.29, 1.82) is 0 Å². The van der Waals surface area contributed by atoms with Gasteiger partial charge in [-0.1, -0.05) is 12.1 Å². The molecule has 0 aliphatic carbocycles. The highest BCUT2D eigenvalue weighted by molar-refractivity contribution is 7.13.